The number of unbranched alkanes of at least 4 members (excludes halogenated alkanes) is 8. The van der Waals surface area contributed by atoms with Crippen molar-refractivity contribution in [1.29, 1.82) is 0 Å². The molecular formula is C32H44MgN2O8. The molecule has 0 unspecified atom stereocenters. The number of carbonyl (C=O) groups is 6. The number of hydrogen-bond acceptors (Lipinski definition) is 8. The Morgan fingerprint density at radius 2 is 0.907 bits per heavy atom. The minimum atomic E-state index is -0.779. The van der Waals surface area contributed by atoms with E-state index in [4.69, 9.17) is 0 Å². The molecule has 0 aromatic heterocycles. The van der Waals surface area contributed by atoms with Crippen molar-refractivity contribution in [1.82, 2.24) is 9.80 Å². The normalized spacial score (nSPS) is 16.6. The van der Waals surface area contributed by atoms with Gasteiger partial charge in [-0.2, -0.15) is 0 Å². The molecule has 2 aliphatic rings. The zero-order valence-corrected chi connectivity index (χ0v) is 27.9. The number of Topliss-reactive ketones (excluding diaryl/α,β-unsaturated/α-hetero) is 2. The van der Waals surface area contributed by atoms with E-state index in [1.54, 1.807) is 13.8 Å². The summed E-state index contributed by atoms with van der Waals surface area (Å²) < 4.78 is 0. The van der Waals surface area contributed by atoms with Gasteiger partial charge < -0.3 is 10.2 Å². The van der Waals surface area contributed by atoms with Crippen LogP contribution in [0.3, 0.4) is 0 Å². The van der Waals surface area contributed by atoms with Crippen LogP contribution in [0.2, 0.25) is 0 Å². The van der Waals surface area contributed by atoms with Crippen LogP contribution in [0, 0.1) is 0 Å². The van der Waals surface area contributed by atoms with Gasteiger partial charge in [-0.3, -0.25) is 28.8 Å². The third-order valence-corrected chi connectivity index (χ3v) is 6.98. The molecule has 0 aliphatic carbocycles. The molecule has 2 rings (SSSR count). The molecule has 10 nitrogen and oxygen atoms in total. The second-order valence-electron chi connectivity index (χ2n) is 10.3. The molecule has 4 amide bonds. The van der Waals surface area contributed by atoms with Gasteiger partial charge in [0, 0.05) is 38.1 Å². The Hall–Kier alpha value is -3.05. The van der Waals surface area contributed by atoms with Gasteiger partial charge in [-0.05, 0) is 26.7 Å². The molecule has 0 aromatic rings. The fourth-order valence-corrected chi connectivity index (χ4v) is 4.76. The van der Waals surface area contributed by atoms with E-state index in [1.165, 1.54) is 26.0 Å². The van der Waals surface area contributed by atoms with E-state index >= 15 is 0 Å². The number of amides is 4. The van der Waals surface area contributed by atoms with Gasteiger partial charge in [0.25, 0.3) is 11.8 Å². The monoisotopic (exact) mass is 608 g/mol. The molecule has 43 heavy (non-hydrogen) atoms. The molecule has 0 atom stereocenters. The molecular weight excluding hydrogens is 565 g/mol. The smallest absolute Gasteiger partial charge is 0.870 e. The van der Waals surface area contributed by atoms with Gasteiger partial charge in [-0.25, -0.2) is 9.80 Å². The number of imide groups is 2. The van der Waals surface area contributed by atoms with Gasteiger partial charge in [0.05, 0.1) is 11.1 Å². The average Bonchev–Trinajstić information content (AvgIpc) is 3.35. The second-order valence-corrected chi connectivity index (χ2v) is 10.3. The van der Waals surface area contributed by atoms with Crippen LogP contribution in [0.1, 0.15) is 119 Å². The molecule has 0 radical (unpaired) electrons. The molecule has 0 saturated heterocycles. The number of allylic oxidation sites excluding steroid dienone is 2. The van der Waals surface area contributed by atoms with Crippen molar-refractivity contribution in [2.75, 3.05) is 0 Å². The van der Waals surface area contributed by atoms with Gasteiger partial charge >= 0.3 is 23.1 Å². The minimum absolute atomic E-state index is 0. The summed E-state index contributed by atoms with van der Waals surface area (Å²) in [5.41, 5.74) is -0.758. The van der Waals surface area contributed by atoms with Gasteiger partial charge in [0.2, 0.25) is 11.8 Å². The van der Waals surface area contributed by atoms with Crippen LogP contribution in [0.25, 0.3) is 0 Å². The quantitative estimate of drug-likeness (QED) is 0.165. The van der Waals surface area contributed by atoms with Crippen molar-refractivity contribution in [3.8, 4) is 0 Å². The van der Waals surface area contributed by atoms with E-state index in [2.05, 4.69) is 13.8 Å². The molecule has 2 heterocycles. The van der Waals surface area contributed by atoms with Crippen LogP contribution in [0.15, 0.2) is 46.2 Å². The van der Waals surface area contributed by atoms with E-state index in [1.807, 2.05) is 0 Å². The first kappa shape index (κ1) is 39.9. The third-order valence-electron chi connectivity index (χ3n) is 6.98. The first-order valence-corrected chi connectivity index (χ1v) is 14.8. The number of rotatable bonds is 14. The van der Waals surface area contributed by atoms with Crippen molar-refractivity contribution in [3.63, 3.8) is 0 Å². The van der Waals surface area contributed by atoms with Crippen LogP contribution >= 0.6 is 0 Å². The maximum absolute atomic E-state index is 12.1. The number of carbonyl (C=O) groups excluding carboxylic acids is 6. The SMILES string of the molecule is C/C=C1/C([O-])=C(C(=O)CCCCCCC)C(=O)N1C(C)=O.C/C=C1/C([O-])=C(C(=O)CCCCCCC)C(=O)N1C(C)=O.[Mg+2]. The van der Waals surface area contributed by atoms with Crippen LogP contribution in [0.4, 0.5) is 0 Å². The summed E-state index contributed by atoms with van der Waals surface area (Å²) >= 11 is 0. The molecule has 232 valence electrons. The summed E-state index contributed by atoms with van der Waals surface area (Å²) in [4.78, 5) is 72.8. The maximum Gasteiger partial charge on any atom is 2.00 e. The number of nitrogens with zero attached hydrogens (tertiary/aromatic N) is 2. The molecule has 0 aromatic carbocycles. The Labute approximate surface area is 271 Å². The molecule has 0 spiro atoms. The van der Waals surface area contributed by atoms with Crippen LogP contribution in [0.5, 0.6) is 0 Å². The van der Waals surface area contributed by atoms with E-state index < -0.39 is 46.7 Å². The van der Waals surface area contributed by atoms with E-state index in [0.717, 1.165) is 61.2 Å². The Kier molecular flexibility index (Phi) is 18.6. The standard InChI is InChI=1S/2C16H23NO4.Mg/c2*1-4-6-7-8-9-10-13(19)14-15(20)12(5-2)17(11(3)18)16(14)21;/h2*5,20H,4,6-10H2,1-3H3;/q;;+2/p-2/b2*12-5-;. The van der Waals surface area contributed by atoms with Gasteiger partial charge in [0.1, 0.15) is 0 Å². The Morgan fingerprint density at radius 1 is 0.605 bits per heavy atom. The Bertz CT molecular complexity index is 1100. The van der Waals surface area contributed by atoms with Gasteiger partial charge in [-0.1, -0.05) is 88.9 Å². The fraction of sp³-hybridized carbons (Fsp3) is 0.562. The van der Waals surface area contributed by atoms with Crippen molar-refractivity contribution >= 4 is 58.2 Å². The van der Waals surface area contributed by atoms with Crippen molar-refractivity contribution < 1.29 is 39.0 Å². The Morgan fingerprint density at radius 3 is 1.14 bits per heavy atom. The van der Waals surface area contributed by atoms with E-state index in [-0.39, 0.29) is 58.4 Å². The van der Waals surface area contributed by atoms with E-state index in [0.29, 0.717) is 12.8 Å². The summed E-state index contributed by atoms with van der Waals surface area (Å²) in [5.74, 6) is -4.82. The van der Waals surface area contributed by atoms with Gasteiger partial charge in [-0.15, -0.1) is 0 Å². The minimum Gasteiger partial charge on any atom is -0.870 e. The third kappa shape index (κ3) is 10.6. The second kappa shape index (κ2) is 20.0. The predicted octanol–water partition coefficient (Wildman–Crippen LogP) is 3.27. The fourth-order valence-electron chi connectivity index (χ4n) is 4.76. The average molecular weight is 609 g/mol. The van der Waals surface area contributed by atoms with Crippen LogP contribution < -0.4 is 10.2 Å². The summed E-state index contributed by atoms with van der Waals surface area (Å²) in [5, 5.41) is 24.2. The van der Waals surface area contributed by atoms with Crippen LogP contribution in [-0.4, -0.2) is 68.0 Å². The van der Waals surface area contributed by atoms with Crippen LogP contribution in [-0.2, 0) is 28.8 Å². The molecule has 0 saturated carbocycles. The van der Waals surface area contributed by atoms with Gasteiger partial charge in [0.15, 0.2) is 11.6 Å². The summed E-state index contributed by atoms with van der Waals surface area (Å²) in [6.45, 7) is 9.74. The number of ketones is 2. The molecule has 0 fully saturated rings. The summed E-state index contributed by atoms with van der Waals surface area (Å²) in [6.07, 6.45) is 12.8. The first-order chi connectivity index (χ1) is 19.9. The molecule has 11 heteroatoms. The molecule has 2 aliphatic heterocycles. The summed E-state index contributed by atoms with van der Waals surface area (Å²) in [7, 11) is 0. The zero-order chi connectivity index (χ0) is 32.0. The molecule has 0 bridgehead atoms. The van der Waals surface area contributed by atoms with Crippen molar-refractivity contribution in [2.24, 2.45) is 0 Å². The topological polar surface area (TPSA) is 155 Å². The summed E-state index contributed by atoms with van der Waals surface area (Å²) in [6, 6.07) is 0. The first-order valence-electron chi connectivity index (χ1n) is 14.8. The maximum atomic E-state index is 12.1. The largest absolute Gasteiger partial charge is 2.00 e. The molecule has 0 N–H and O–H groups in total. The van der Waals surface area contributed by atoms with Crippen molar-refractivity contribution in [2.45, 2.75) is 119 Å². The van der Waals surface area contributed by atoms with Crippen molar-refractivity contribution in [3.05, 3.63) is 46.2 Å². The Balaban J connectivity index is 0.000000802. The predicted molar refractivity (Wildman–Crippen MR) is 159 cm³/mol. The zero-order valence-electron chi connectivity index (χ0n) is 26.5. The van der Waals surface area contributed by atoms with E-state index in [9.17, 15) is 39.0 Å². The number of hydrogen-bond donors (Lipinski definition) is 0.